The van der Waals surface area contributed by atoms with E-state index < -0.39 is 68.4 Å². The maximum Gasteiger partial charge on any atom is 0.471 e. The van der Waals surface area contributed by atoms with Crippen LogP contribution < -0.4 is 10.6 Å². The Morgan fingerprint density at radius 2 is 1.69 bits per heavy atom. The van der Waals surface area contributed by atoms with Crippen LogP contribution in [0.4, 0.5) is 40.8 Å². The number of hydrogen-bond donors (Lipinski definition) is 2. The molecule has 2 amide bonds. The number of carbonyl (C=O) groups excluding carboxylic acids is 2. The summed E-state index contributed by atoms with van der Waals surface area (Å²) in [4.78, 5) is 26.3. The van der Waals surface area contributed by atoms with Gasteiger partial charge in [0.05, 0.1) is 11.6 Å². The molecule has 1 heterocycles. The number of hydrogen-bond acceptors (Lipinski definition) is 5. The summed E-state index contributed by atoms with van der Waals surface area (Å²) >= 11 is 0.500. The molecule has 0 spiro atoms. The predicted octanol–water partition coefficient (Wildman–Crippen LogP) is 3.74. The van der Waals surface area contributed by atoms with E-state index in [-0.39, 0.29) is 12.5 Å². The monoisotopic (exact) mass is 486 g/mol. The second-order valence-electron chi connectivity index (χ2n) is 7.15. The third-order valence-electron chi connectivity index (χ3n) is 4.96. The summed E-state index contributed by atoms with van der Waals surface area (Å²) in [5, 5.41) is 11.6. The van der Waals surface area contributed by atoms with E-state index in [1.165, 1.54) is 10.6 Å². The zero-order valence-corrected chi connectivity index (χ0v) is 16.4. The van der Waals surface area contributed by atoms with Crippen molar-refractivity contribution in [3.63, 3.8) is 0 Å². The highest BCUT2D eigenvalue weighted by atomic mass is 32.2. The van der Waals surface area contributed by atoms with Crippen molar-refractivity contribution in [1.29, 1.82) is 5.26 Å². The summed E-state index contributed by atoms with van der Waals surface area (Å²) in [5.41, 5.74) is -3.45. The smallest absolute Gasteiger partial charge is 0.318 e. The van der Waals surface area contributed by atoms with Gasteiger partial charge in [0.25, 0.3) is 0 Å². The predicted molar refractivity (Wildman–Crippen MR) is 94.1 cm³/mol. The number of nitrogens with one attached hydrogen (secondary N) is 2. The molecule has 0 aromatic heterocycles. The first-order valence-corrected chi connectivity index (χ1v) is 9.31. The van der Waals surface area contributed by atoms with Gasteiger partial charge in [0.2, 0.25) is 0 Å². The fraction of sp³-hybridized carbons (Fsp3) is 0.412. The van der Waals surface area contributed by atoms with Crippen LogP contribution in [0, 0.1) is 28.9 Å². The van der Waals surface area contributed by atoms with E-state index >= 15 is 0 Å². The lowest BCUT2D eigenvalue weighted by atomic mass is 9.85. The Hall–Kier alpha value is -2.89. The largest absolute Gasteiger partial charge is 0.471 e. The number of nitrogens with zero attached hydrogens (tertiary/aromatic N) is 2. The molecule has 0 saturated heterocycles. The van der Waals surface area contributed by atoms with Gasteiger partial charge in [-0.1, -0.05) is 11.8 Å². The lowest BCUT2D eigenvalue weighted by molar-refractivity contribution is -0.171. The molecule has 1 aromatic carbocycles. The molecule has 1 aliphatic heterocycles. The molecule has 0 bridgehead atoms. The van der Waals surface area contributed by atoms with Crippen LogP contribution in [-0.2, 0) is 15.1 Å². The maximum absolute atomic E-state index is 14.6. The fourth-order valence-corrected chi connectivity index (χ4v) is 4.73. The first-order valence-electron chi connectivity index (χ1n) is 8.49. The van der Waals surface area contributed by atoms with Crippen LogP contribution in [0.25, 0.3) is 0 Å². The standard InChI is InChI=1S/C17H10F8N4O2S/c1-14(7-2-6(3-8(18)10(7)19)27-11(30)16(20,21)22)9-4-15(9,5-26)32-13(29-14)28-12(31)17(23,24)25/h2-3,9H,4H2,1H3,(H,27,30)(H,28,29,31)/t9?,14-,15-/m1/s1. The van der Waals surface area contributed by atoms with Gasteiger partial charge in [-0.2, -0.15) is 31.6 Å². The summed E-state index contributed by atoms with van der Waals surface area (Å²) in [6, 6.07) is 2.76. The molecule has 3 rings (SSSR count). The van der Waals surface area contributed by atoms with Gasteiger partial charge in [0.15, 0.2) is 16.8 Å². The van der Waals surface area contributed by atoms with Crippen molar-refractivity contribution in [2.75, 3.05) is 5.32 Å². The molecule has 15 heteroatoms. The van der Waals surface area contributed by atoms with Gasteiger partial charge in [0.1, 0.15) is 4.75 Å². The molecule has 1 unspecified atom stereocenters. The number of anilines is 1. The Morgan fingerprint density at radius 1 is 1.12 bits per heavy atom. The number of amides is 2. The Kier molecular flexibility index (Phi) is 5.44. The summed E-state index contributed by atoms with van der Waals surface area (Å²) in [5.74, 6) is -9.03. The number of benzene rings is 1. The average Bonchev–Trinajstić information content (AvgIpc) is 3.39. The number of nitriles is 1. The molecule has 0 radical (unpaired) electrons. The van der Waals surface area contributed by atoms with Crippen molar-refractivity contribution in [1.82, 2.24) is 5.32 Å². The fourth-order valence-electron chi connectivity index (χ4n) is 3.34. The van der Waals surface area contributed by atoms with Gasteiger partial charge in [-0.3, -0.25) is 19.9 Å². The summed E-state index contributed by atoms with van der Waals surface area (Å²) in [6.07, 6.45) is -10.7. The minimum atomic E-state index is -5.34. The number of amidine groups is 1. The number of alkyl halides is 6. The van der Waals surface area contributed by atoms with Crippen LogP contribution in [-0.4, -0.2) is 34.1 Å². The third kappa shape index (κ3) is 4.10. The van der Waals surface area contributed by atoms with Crippen molar-refractivity contribution in [3.05, 3.63) is 29.3 Å². The Balaban J connectivity index is 2.08. The highest BCUT2D eigenvalue weighted by Crippen LogP contribution is 2.66. The van der Waals surface area contributed by atoms with Gasteiger partial charge in [0, 0.05) is 23.2 Å². The maximum atomic E-state index is 14.6. The molecule has 1 fully saturated rings. The Labute approximate surface area is 178 Å². The molecule has 32 heavy (non-hydrogen) atoms. The zero-order chi connectivity index (χ0) is 24.3. The first-order chi connectivity index (χ1) is 14.5. The molecular weight excluding hydrogens is 476 g/mol. The van der Waals surface area contributed by atoms with Crippen LogP contribution in [0.2, 0.25) is 0 Å². The van der Waals surface area contributed by atoms with E-state index in [9.17, 15) is 50.0 Å². The molecule has 172 valence electrons. The van der Waals surface area contributed by atoms with Crippen molar-refractivity contribution in [3.8, 4) is 6.07 Å². The van der Waals surface area contributed by atoms with Crippen LogP contribution in [0.5, 0.6) is 0 Å². The van der Waals surface area contributed by atoms with Gasteiger partial charge in [-0.25, -0.2) is 8.78 Å². The average molecular weight is 486 g/mol. The highest BCUT2D eigenvalue weighted by molar-refractivity contribution is 8.15. The molecule has 6 nitrogen and oxygen atoms in total. The van der Waals surface area contributed by atoms with E-state index in [1.54, 1.807) is 0 Å². The Morgan fingerprint density at radius 3 is 2.22 bits per heavy atom. The summed E-state index contributed by atoms with van der Waals surface area (Å²) in [6.45, 7) is 1.13. The lowest BCUT2D eigenvalue weighted by Gasteiger charge is -2.33. The number of aliphatic imine (C=N–C) groups is 1. The van der Waals surface area contributed by atoms with Crippen LogP contribution in [0.1, 0.15) is 18.9 Å². The molecule has 1 aromatic rings. The van der Waals surface area contributed by atoms with Crippen LogP contribution in [0.3, 0.4) is 0 Å². The topological polar surface area (TPSA) is 94.3 Å². The molecule has 1 saturated carbocycles. The number of fused-ring (bicyclic) bond motifs is 1. The van der Waals surface area contributed by atoms with E-state index in [2.05, 4.69) is 4.99 Å². The number of carbonyl (C=O) groups is 2. The van der Waals surface area contributed by atoms with Crippen LogP contribution >= 0.6 is 11.8 Å². The van der Waals surface area contributed by atoms with E-state index in [1.807, 2.05) is 6.07 Å². The van der Waals surface area contributed by atoms with E-state index in [0.29, 0.717) is 17.8 Å². The quantitative estimate of drug-likeness (QED) is 0.623. The van der Waals surface area contributed by atoms with E-state index in [0.717, 1.165) is 6.92 Å². The first kappa shape index (κ1) is 23.8. The molecule has 3 atom stereocenters. The highest BCUT2D eigenvalue weighted by Gasteiger charge is 2.68. The minimum Gasteiger partial charge on any atom is -0.318 e. The summed E-state index contributed by atoms with van der Waals surface area (Å²) in [7, 11) is 0. The molecular formula is C17H10F8N4O2S. The number of rotatable bonds is 2. The zero-order valence-electron chi connectivity index (χ0n) is 15.6. The van der Waals surface area contributed by atoms with Gasteiger partial charge in [-0.05, 0) is 19.4 Å². The summed E-state index contributed by atoms with van der Waals surface area (Å²) < 4.78 is 103. The lowest BCUT2D eigenvalue weighted by Crippen LogP contribution is -2.44. The molecule has 2 aliphatic rings. The second-order valence-corrected chi connectivity index (χ2v) is 8.47. The molecule has 1 aliphatic carbocycles. The van der Waals surface area contributed by atoms with Crippen molar-refractivity contribution in [2.24, 2.45) is 10.9 Å². The van der Waals surface area contributed by atoms with Crippen molar-refractivity contribution >= 4 is 34.4 Å². The molecule has 2 N–H and O–H groups in total. The van der Waals surface area contributed by atoms with Crippen molar-refractivity contribution < 1.29 is 44.7 Å². The van der Waals surface area contributed by atoms with Crippen LogP contribution in [0.15, 0.2) is 17.1 Å². The third-order valence-corrected chi connectivity index (χ3v) is 6.25. The minimum absolute atomic E-state index is 0.0419. The normalized spacial score (nSPS) is 27.0. The Bertz CT molecular complexity index is 1080. The van der Waals surface area contributed by atoms with E-state index in [4.69, 9.17) is 0 Å². The van der Waals surface area contributed by atoms with Gasteiger partial charge < -0.3 is 5.32 Å². The van der Waals surface area contributed by atoms with Gasteiger partial charge in [-0.15, -0.1) is 0 Å². The van der Waals surface area contributed by atoms with Crippen molar-refractivity contribution in [2.45, 2.75) is 36.0 Å². The number of halogens is 8. The number of thioether (sulfide) groups is 1. The SMILES string of the molecule is C[C@]1(c2cc(NC(=O)C(F)(F)F)cc(F)c2F)N=C(NC(=O)C(F)(F)F)S[C@@]2(C#N)CC21. The van der Waals surface area contributed by atoms with Gasteiger partial charge >= 0.3 is 24.2 Å². The second kappa shape index (κ2) is 7.32.